The number of nitrogens with zero attached hydrogens (tertiary/aromatic N) is 1. The lowest BCUT2D eigenvalue weighted by Crippen LogP contribution is -2.30. The number of amides is 1. The second-order valence-corrected chi connectivity index (χ2v) is 10.2. The van der Waals surface area contributed by atoms with Crippen LogP contribution in [-0.2, 0) is 11.4 Å². The van der Waals surface area contributed by atoms with E-state index >= 15 is 0 Å². The third kappa shape index (κ3) is 5.35. The number of methoxy groups -OCH3 is 1. The number of hydrogen-bond acceptors (Lipinski definition) is 4. The Labute approximate surface area is 226 Å². The van der Waals surface area contributed by atoms with Gasteiger partial charge in [-0.25, -0.2) is 4.39 Å². The van der Waals surface area contributed by atoms with E-state index in [4.69, 9.17) is 21.7 Å². The SMILES string of the molecule is COc1ccc(/C=C2/NC(=S)N(c3ccc(F)cc3)C2=O)cc1COc1c(Br)cc(Br)cc1Br. The molecular formula is C24H16Br3FN2O3S. The molecule has 10 heteroatoms. The van der Waals surface area contributed by atoms with Crippen LogP contribution in [0.5, 0.6) is 11.5 Å². The number of thiocarbonyl (C=S) groups is 1. The van der Waals surface area contributed by atoms with Crippen LogP contribution in [0.15, 0.2) is 73.7 Å². The first-order valence-corrected chi connectivity index (χ1v) is 12.6. The Morgan fingerprint density at radius 3 is 2.38 bits per heavy atom. The molecule has 0 bridgehead atoms. The zero-order valence-electron chi connectivity index (χ0n) is 17.6. The third-order valence-electron chi connectivity index (χ3n) is 4.91. The van der Waals surface area contributed by atoms with Crippen molar-refractivity contribution in [1.82, 2.24) is 5.32 Å². The van der Waals surface area contributed by atoms with Crippen molar-refractivity contribution in [3.05, 3.63) is 90.7 Å². The van der Waals surface area contributed by atoms with E-state index in [1.165, 1.54) is 29.2 Å². The van der Waals surface area contributed by atoms with Crippen molar-refractivity contribution < 1.29 is 18.7 Å². The van der Waals surface area contributed by atoms with Gasteiger partial charge in [-0.2, -0.15) is 0 Å². The number of nitrogens with one attached hydrogen (secondary N) is 1. The normalized spacial score (nSPS) is 14.5. The zero-order chi connectivity index (χ0) is 24.4. The number of rotatable bonds is 6. The van der Waals surface area contributed by atoms with Gasteiger partial charge in [-0.1, -0.05) is 22.0 Å². The van der Waals surface area contributed by atoms with E-state index in [1.807, 2.05) is 30.3 Å². The minimum absolute atomic E-state index is 0.227. The molecule has 0 unspecified atom stereocenters. The van der Waals surface area contributed by atoms with E-state index < -0.39 is 0 Å². The molecule has 1 aliphatic heterocycles. The summed E-state index contributed by atoms with van der Waals surface area (Å²) in [6.07, 6.45) is 1.70. The number of halogens is 4. The quantitative estimate of drug-likeness (QED) is 0.227. The Hall–Kier alpha value is -2.27. The minimum Gasteiger partial charge on any atom is -0.496 e. The van der Waals surface area contributed by atoms with E-state index in [0.29, 0.717) is 22.9 Å². The van der Waals surface area contributed by atoms with Gasteiger partial charge in [0.2, 0.25) is 0 Å². The number of benzene rings is 3. The summed E-state index contributed by atoms with van der Waals surface area (Å²) >= 11 is 15.8. The molecule has 174 valence electrons. The summed E-state index contributed by atoms with van der Waals surface area (Å²) in [6.45, 7) is 0.237. The predicted octanol–water partition coefficient (Wildman–Crippen LogP) is 6.96. The minimum atomic E-state index is -0.389. The number of anilines is 1. The van der Waals surface area contributed by atoms with E-state index in [9.17, 15) is 9.18 Å². The van der Waals surface area contributed by atoms with E-state index in [2.05, 4.69) is 53.1 Å². The molecule has 0 spiro atoms. The Balaban J connectivity index is 1.58. The summed E-state index contributed by atoms with van der Waals surface area (Å²) in [7, 11) is 1.59. The highest BCUT2D eigenvalue weighted by Gasteiger charge is 2.32. The molecule has 1 heterocycles. The molecule has 0 radical (unpaired) electrons. The van der Waals surface area contributed by atoms with Crippen molar-refractivity contribution in [1.29, 1.82) is 0 Å². The Morgan fingerprint density at radius 1 is 1.06 bits per heavy atom. The predicted molar refractivity (Wildman–Crippen MR) is 144 cm³/mol. The van der Waals surface area contributed by atoms with Crippen molar-refractivity contribution in [3.63, 3.8) is 0 Å². The Bertz CT molecular complexity index is 1290. The number of hydrogen-bond donors (Lipinski definition) is 1. The molecule has 0 aliphatic carbocycles. The van der Waals surface area contributed by atoms with E-state index in [0.717, 1.165) is 24.5 Å². The molecule has 0 saturated carbocycles. The molecular weight excluding hydrogens is 655 g/mol. The summed E-state index contributed by atoms with van der Waals surface area (Å²) in [5, 5.41) is 3.16. The molecule has 1 N–H and O–H groups in total. The van der Waals surface area contributed by atoms with Crippen molar-refractivity contribution in [2.24, 2.45) is 0 Å². The van der Waals surface area contributed by atoms with Crippen LogP contribution in [0.1, 0.15) is 11.1 Å². The van der Waals surface area contributed by atoms with Gasteiger partial charge in [0.1, 0.15) is 29.6 Å². The third-order valence-corrected chi connectivity index (χ3v) is 6.83. The highest BCUT2D eigenvalue weighted by Crippen LogP contribution is 2.37. The van der Waals surface area contributed by atoms with Crippen LogP contribution in [0.2, 0.25) is 0 Å². The smallest absolute Gasteiger partial charge is 0.281 e. The molecule has 3 aromatic carbocycles. The topological polar surface area (TPSA) is 50.8 Å². The van der Waals surface area contributed by atoms with Gasteiger partial charge >= 0.3 is 0 Å². The number of ether oxygens (including phenoxy) is 2. The van der Waals surface area contributed by atoms with Gasteiger partial charge in [-0.05, 0) is 104 Å². The fraction of sp³-hybridized carbons (Fsp3) is 0.0833. The summed E-state index contributed by atoms with van der Waals surface area (Å²) in [5.74, 6) is 0.593. The first kappa shape index (κ1) is 24.8. The van der Waals surface area contributed by atoms with Gasteiger partial charge in [-0.15, -0.1) is 0 Å². The summed E-state index contributed by atoms with van der Waals surface area (Å²) < 4.78 is 27.3. The van der Waals surface area contributed by atoms with Crippen LogP contribution in [0.4, 0.5) is 10.1 Å². The van der Waals surface area contributed by atoms with Crippen molar-refractivity contribution >= 4 is 82.8 Å². The second-order valence-electron chi connectivity index (χ2n) is 7.16. The maximum Gasteiger partial charge on any atom is 0.281 e. The lowest BCUT2D eigenvalue weighted by Gasteiger charge is -2.14. The van der Waals surface area contributed by atoms with Crippen LogP contribution in [0, 0.1) is 5.82 Å². The molecule has 1 saturated heterocycles. The first-order chi connectivity index (χ1) is 16.3. The van der Waals surface area contributed by atoms with Gasteiger partial charge in [-0.3, -0.25) is 9.69 Å². The molecule has 0 atom stereocenters. The molecule has 1 aliphatic rings. The summed E-state index contributed by atoms with van der Waals surface area (Å²) in [6, 6.07) is 14.9. The largest absolute Gasteiger partial charge is 0.496 e. The Kier molecular flexibility index (Phi) is 7.71. The fourth-order valence-electron chi connectivity index (χ4n) is 3.34. The van der Waals surface area contributed by atoms with Crippen LogP contribution >= 0.6 is 60.0 Å². The summed E-state index contributed by atoms with van der Waals surface area (Å²) in [4.78, 5) is 14.3. The van der Waals surface area contributed by atoms with E-state index in [-0.39, 0.29) is 23.4 Å². The second kappa shape index (κ2) is 10.6. The van der Waals surface area contributed by atoms with E-state index in [1.54, 1.807) is 13.2 Å². The Morgan fingerprint density at radius 2 is 1.74 bits per heavy atom. The van der Waals surface area contributed by atoms with Gasteiger partial charge < -0.3 is 14.8 Å². The molecule has 5 nitrogen and oxygen atoms in total. The maximum atomic E-state index is 13.3. The van der Waals surface area contributed by atoms with Gasteiger partial charge in [0.05, 0.1) is 21.7 Å². The average molecular weight is 671 g/mol. The van der Waals surface area contributed by atoms with Crippen LogP contribution in [0.3, 0.4) is 0 Å². The van der Waals surface area contributed by atoms with Gasteiger partial charge in [0, 0.05) is 10.0 Å². The van der Waals surface area contributed by atoms with Gasteiger partial charge in [0.25, 0.3) is 5.91 Å². The average Bonchev–Trinajstić information content (AvgIpc) is 3.06. The molecule has 34 heavy (non-hydrogen) atoms. The molecule has 3 aromatic rings. The lowest BCUT2D eigenvalue weighted by molar-refractivity contribution is -0.113. The number of carbonyl (C=O) groups is 1. The fourth-order valence-corrected chi connectivity index (χ4v) is 6.13. The van der Waals surface area contributed by atoms with Crippen LogP contribution in [0.25, 0.3) is 6.08 Å². The highest BCUT2D eigenvalue weighted by molar-refractivity contribution is 9.11. The standard InChI is InChI=1S/C24H16Br3FN2O3S/c1-32-21-7-2-13(8-14(21)12-33-22-18(26)10-15(25)11-19(22)27)9-20-23(31)30(24(34)29-20)17-5-3-16(28)4-6-17/h2-11H,12H2,1H3,(H,29,34)/b20-9+. The zero-order valence-corrected chi connectivity index (χ0v) is 23.1. The highest BCUT2D eigenvalue weighted by atomic mass is 79.9. The maximum absolute atomic E-state index is 13.3. The van der Waals surface area contributed by atoms with Crippen molar-refractivity contribution in [2.75, 3.05) is 12.0 Å². The number of carbonyl (C=O) groups excluding carboxylic acids is 1. The van der Waals surface area contributed by atoms with Gasteiger partial charge in [0.15, 0.2) is 5.11 Å². The molecule has 1 amide bonds. The van der Waals surface area contributed by atoms with Crippen LogP contribution in [-0.4, -0.2) is 18.1 Å². The summed E-state index contributed by atoms with van der Waals surface area (Å²) in [5.41, 5.74) is 2.35. The first-order valence-electron chi connectivity index (χ1n) is 9.84. The lowest BCUT2D eigenvalue weighted by atomic mass is 10.1. The van der Waals surface area contributed by atoms with Crippen molar-refractivity contribution in [2.45, 2.75) is 6.61 Å². The molecule has 1 fully saturated rings. The van der Waals surface area contributed by atoms with Crippen LogP contribution < -0.4 is 19.7 Å². The molecule has 4 rings (SSSR count). The van der Waals surface area contributed by atoms with Crippen molar-refractivity contribution in [3.8, 4) is 11.5 Å². The molecule has 0 aromatic heterocycles. The monoisotopic (exact) mass is 668 g/mol.